The molecule has 2 heterocycles. The molecular formula is C14H19BrN4. The summed E-state index contributed by atoms with van der Waals surface area (Å²) >= 11 is 3.44. The summed E-state index contributed by atoms with van der Waals surface area (Å²) in [5, 5.41) is 3.47. The molecule has 0 amide bonds. The van der Waals surface area contributed by atoms with Crippen molar-refractivity contribution in [2.75, 3.05) is 11.9 Å². The zero-order chi connectivity index (χ0) is 13.2. The van der Waals surface area contributed by atoms with Crippen LogP contribution in [0.5, 0.6) is 0 Å². The first-order valence-corrected chi connectivity index (χ1v) is 7.75. The van der Waals surface area contributed by atoms with Crippen LogP contribution in [0.2, 0.25) is 0 Å². The van der Waals surface area contributed by atoms with Gasteiger partial charge in [0.1, 0.15) is 4.60 Å². The average Bonchev–Trinajstić information content (AvgIpc) is 2.85. The molecule has 0 unspecified atom stereocenters. The standard InChI is InChI=1S/C14H19BrN4/c1-10-2-4-11(5-3-10)8-17-13-14-16-6-7-19(14)9-12(15)18-13/h6-7,9-11H,2-5,8H2,1H3,(H,17,18). The lowest BCUT2D eigenvalue weighted by Gasteiger charge is -2.26. The van der Waals surface area contributed by atoms with Crippen molar-refractivity contribution < 1.29 is 0 Å². The maximum absolute atomic E-state index is 4.50. The lowest BCUT2D eigenvalue weighted by atomic mass is 9.83. The Morgan fingerprint density at radius 2 is 2.16 bits per heavy atom. The monoisotopic (exact) mass is 322 g/mol. The predicted octanol–water partition coefficient (Wildman–Crippen LogP) is 3.73. The molecule has 5 heteroatoms. The summed E-state index contributed by atoms with van der Waals surface area (Å²) < 4.78 is 2.82. The Hall–Kier alpha value is -1.10. The molecule has 1 N–H and O–H groups in total. The highest BCUT2D eigenvalue weighted by Gasteiger charge is 2.18. The van der Waals surface area contributed by atoms with Crippen LogP contribution in [0.4, 0.5) is 5.82 Å². The van der Waals surface area contributed by atoms with E-state index in [9.17, 15) is 0 Å². The molecular weight excluding hydrogens is 304 g/mol. The first-order chi connectivity index (χ1) is 9.22. The Morgan fingerprint density at radius 1 is 1.37 bits per heavy atom. The van der Waals surface area contributed by atoms with Gasteiger partial charge in [0.15, 0.2) is 11.5 Å². The van der Waals surface area contributed by atoms with E-state index in [4.69, 9.17) is 0 Å². The quantitative estimate of drug-likeness (QED) is 0.936. The van der Waals surface area contributed by atoms with E-state index >= 15 is 0 Å². The largest absolute Gasteiger partial charge is 0.367 e. The molecule has 0 atom stereocenters. The molecule has 2 aromatic heterocycles. The van der Waals surface area contributed by atoms with Gasteiger partial charge in [-0.3, -0.25) is 0 Å². The van der Waals surface area contributed by atoms with Crippen LogP contribution >= 0.6 is 15.9 Å². The summed E-state index contributed by atoms with van der Waals surface area (Å²) in [7, 11) is 0. The van der Waals surface area contributed by atoms with Gasteiger partial charge in [-0.2, -0.15) is 0 Å². The molecule has 0 saturated heterocycles. The van der Waals surface area contributed by atoms with Crippen LogP contribution in [0.3, 0.4) is 0 Å². The van der Waals surface area contributed by atoms with E-state index in [-0.39, 0.29) is 0 Å². The number of halogens is 1. The van der Waals surface area contributed by atoms with Gasteiger partial charge in [-0.15, -0.1) is 0 Å². The highest BCUT2D eigenvalue weighted by Crippen LogP contribution is 2.28. The van der Waals surface area contributed by atoms with Crippen molar-refractivity contribution >= 4 is 27.4 Å². The molecule has 0 spiro atoms. The normalized spacial score (nSPS) is 23.7. The number of imidazole rings is 1. The minimum Gasteiger partial charge on any atom is -0.367 e. The third-order valence-electron chi connectivity index (χ3n) is 4.04. The van der Waals surface area contributed by atoms with E-state index in [1.54, 1.807) is 6.20 Å². The van der Waals surface area contributed by atoms with E-state index in [0.29, 0.717) is 0 Å². The first-order valence-electron chi connectivity index (χ1n) is 6.95. The second-order valence-corrected chi connectivity index (χ2v) is 6.39. The van der Waals surface area contributed by atoms with Gasteiger partial charge in [-0.05, 0) is 40.6 Å². The number of aromatic nitrogens is 3. The van der Waals surface area contributed by atoms with E-state index in [1.165, 1.54) is 25.7 Å². The van der Waals surface area contributed by atoms with Crippen molar-refractivity contribution in [3.05, 3.63) is 23.2 Å². The zero-order valence-corrected chi connectivity index (χ0v) is 12.7. The lowest BCUT2D eigenvalue weighted by Crippen LogP contribution is -2.20. The topological polar surface area (TPSA) is 42.2 Å². The van der Waals surface area contributed by atoms with Gasteiger partial charge in [0, 0.05) is 25.1 Å². The molecule has 0 aliphatic heterocycles. The molecule has 0 aromatic carbocycles. The highest BCUT2D eigenvalue weighted by molar-refractivity contribution is 9.10. The van der Waals surface area contributed by atoms with Crippen LogP contribution in [0.25, 0.3) is 5.65 Å². The number of anilines is 1. The van der Waals surface area contributed by atoms with Crippen LogP contribution in [-0.4, -0.2) is 20.9 Å². The molecule has 1 fully saturated rings. The Kier molecular flexibility index (Phi) is 3.73. The van der Waals surface area contributed by atoms with Crippen LogP contribution in [0, 0.1) is 11.8 Å². The Balaban J connectivity index is 1.69. The van der Waals surface area contributed by atoms with Crippen molar-refractivity contribution in [1.29, 1.82) is 0 Å². The van der Waals surface area contributed by atoms with Crippen LogP contribution in [0.1, 0.15) is 32.6 Å². The summed E-state index contributed by atoms with van der Waals surface area (Å²) in [4.78, 5) is 8.85. The van der Waals surface area contributed by atoms with Crippen LogP contribution in [-0.2, 0) is 0 Å². The first kappa shape index (κ1) is 12.9. The van der Waals surface area contributed by atoms with E-state index < -0.39 is 0 Å². The van der Waals surface area contributed by atoms with Crippen LogP contribution in [0.15, 0.2) is 23.2 Å². The zero-order valence-electron chi connectivity index (χ0n) is 11.1. The van der Waals surface area contributed by atoms with Crippen LogP contribution < -0.4 is 5.32 Å². The number of hydrogen-bond acceptors (Lipinski definition) is 3. The summed E-state index contributed by atoms with van der Waals surface area (Å²) in [6, 6.07) is 0. The van der Waals surface area contributed by atoms with Gasteiger partial charge in [-0.1, -0.05) is 19.8 Å². The number of nitrogens with zero attached hydrogens (tertiary/aromatic N) is 3. The maximum Gasteiger partial charge on any atom is 0.180 e. The van der Waals surface area contributed by atoms with Gasteiger partial charge >= 0.3 is 0 Å². The molecule has 3 rings (SSSR count). The summed E-state index contributed by atoms with van der Waals surface area (Å²) in [5.41, 5.74) is 0.896. The molecule has 19 heavy (non-hydrogen) atoms. The third-order valence-corrected chi connectivity index (χ3v) is 4.42. The number of rotatable bonds is 3. The Labute approximate surface area is 121 Å². The molecule has 0 radical (unpaired) electrons. The molecule has 1 aliphatic carbocycles. The van der Waals surface area contributed by atoms with Gasteiger partial charge in [0.2, 0.25) is 0 Å². The predicted molar refractivity (Wildman–Crippen MR) is 80.3 cm³/mol. The van der Waals surface area contributed by atoms with Crippen molar-refractivity contribution in [3.8, 4) is 0 Å². The van der Waals surface area contributed by atoms with Gasteiger partial charge in [0.05, 0.1) is 0 Å². The van der Waals surface area contributed by atoms with E-state index in [0.717, 1.165) is 34.4 Å². The molecule has 4 nitrogen and oxygen atoms in total. The maximum atomic E-state index is 4.50. The van der Waals surface area contributed by atoms with E-state index in [2.05, 4.69) is 38.1 Å². The Morgan fingerprint density at radius 3 is 2.95 bits per heavy atom. The lowest BCUT2D eigenvalue weighted by molar-refractivity contribution is 0.300. The van der Waals surface area contributed by atoms with Crippen molar-refractivity contribution in [2.45, 2.75) is 32.6 Å². The summed E-state index contributed by atoms with van der Waals surface area (Å²) in [5.74, 6) is 2.55. The average molecular weight is 323 g/mol. The van der Waals surface area contributed by atoms with Gasteiger partial charge in [0.25, 0.3) is 0 Å². The SMILES string of the molecule is CC1CCC(CNc2nc(Br)cn3ccnc23)CC1. The minimum absolute atomic E-state index is 0.770. The van der Waals surface area contributed by atoms with Gasteiger partial charge in [-0.25, -0.2) is 9.97 Å². The number of fused-ring (bicyclic) bond motifs is 1. The number of hydrogen-bond donors (Lipinski definition) is 1. The number of nitrogens with one attached hydrogen (secondary N) is 1. The highest BCUT2D eigenvalue weighted by atomic mass is 79.9. The summed E-state index contributed by atoms with van der Waals surface area (Å²) in [6.45, 7) is 3.35. The fraction of sp³-hybridized carbons (Fsp3) is 0.571. The molecule has 2 aromatic rings. The summed E-state index contributed by atoms with van der Waals surface area (Å²) in [6.07, 6.45) is 11.0. The second kappa shape index (κ2) is 5.49. The minimum atomic E-state index is 0.770. The second-order valence-electron chi connectivity index (χ2n) is 5.58. The Bertz CT molecular complexity index is 558. The molecule has 1 saturated carbocycles. The van der Waals surface area contributed by atoms with E-state index in [1.807, 2.05) is 16.8 Å². The van der Waals surface area contributed by atoms with Crippen molar-refractivity contribution in [1.82, 2.24) is 14.4 Å². The van der Waals surface area contributed by atoms with Gasteiger partial charge < -0.3 is 9.72 Å². The van der Waals surface area contributed by atoms with Crippen molar-refractivity contribution in [3.63, 3.8) is 0 Å². The fourth-order valence-corrected chi connectivity index (χ4v) is 3.19. The van der Waals surface area contributed by atoms with Crippen molar-refractivity contribution in [2.24, 2.45) is 11.8 Å². The smallest absolute Gasteiger partial charge is 0.180 e. The molecule has 1 aliphatic rings. The third kappa shape index (κ3) is 2.91. The fourth-order valence-electron chi connectivity index (χ4n) is 2.79. The molecule has 102 valence electrons. The molecule has 0 bridgehead atoms.